The van der Waals surface area contributed by atoms with Crippen LogP contribution in [0.15, 0.2) is 59.7 Å². The predicted octanol–water partition coefficient (Wildman–Crippen LogP) is 5.08. The SMILES string of the molecule is C/C(=N/NC(=O)c1cc(-c2ccc(CC(C)C)cc2)n[nH]1)c1ccc(Cl)cc1. The molecule has 0 atom stereocenters. The zero-order valence-corrected chi connectivity index (χ0v) is 16.9. The summed E-state index contributed by atoms with van der Waals surface area (Å²) >= 11 is 5.89. The fourth-order valence-electron chi connectivity index (χ4n) is 2.82. The number of halogens is 1. The van der Waals surface area contributed by atoms with Gasteiger partial charge in [-0.1, -0.05) is 61.8 Å². The Kier molecular flexibility index (Phi) is 6.26. The number of amides is 1. The van der Waals surface area contributed by atoms with E-state index in [0.29, 0.717) is 22.3 Å². The minimum absolute atomic E-state index is 0.344. The first-order valence-electron chi connectivity index (χ1n) is 9.17. The molecular weight excluding hydrogens is 372 g/mol. The maximum Gasteiger partial charge on any atom is 0.289 e. The molecule has 1 amide bonds. The molecule has 0 fully saturated rings. The summed E-state index contributed by atoms with van der Waals surface area (Å²) in [6.45, 7) is 6.22. The van der Waals surface area contributed by atoms with E-state index in [1.165, 1.54) is 5.56 Å². The highest BCUT2D eigenvalue weighted by Gasteiger charge is 2.11. The van der Waals surface area contributed by atoms with Gasteiger partial charge in [-0.2, -0.15) is 10.2 Å². The van der Waals surface area contributed by atoms with Crippen LogP contribution in [0.5, 0.6) is 0 Å². The number of hydrogen-bond donors (Lipinski definition) is 2. The second-order valence-corrected chi connectivity index (χ2v) is 7.54. The fourth-order valence-corrected chi connectivity index (χ4v) is 2.95. The van der Waals surface area contributed by atoms with Gasteiger partial charge < -0.3 is 0 Å². The number of nitrogens with one attached hydrogen (secondary N) is 2. The molecule has 1 heterocycles. The second kappa shape index (κ2) is 8.85. The van der Waals surface area contributed by atoms with Crippen LogP contribution < -0.4 is 5.43 Å². The maximum atomic E-state index is 12.3. The lowest BCUT2D eigenvalue weighted by Crippen LogP contribution is -2.19. The fraction of sp³-hybridized carbons (Fsp3) is 0.227. The van der Waals surface area contributed by atoms with Gasteiger partial charge in [0.25, 0.3) is 5.91 Å². The highest BCUT2D eigenvalue weighted by atomic mass is 35.5. The summed E-state index contributed by atoms with van der Waals surface area (Å²) in [7, 11) is 0. The van der Waals surface area contributed by atoms with Crippen LogP contribution in [-0.4, -0.2) is 21.8 Å². The Morgan fingerprint density at radius 3 is 2.46 bits per heavy atom. The van der Waals surface area contributed by atoms with Gasteiger partial charge in [0.2, 0.25) is 0 Å². The van der Waals surface area contributed by atoms with Crippen molar-refractivity contribution in [2.24, 2.45) is 11.0 Å². The molecule has 0 bridgehead atoms. The van der Waals surface area contributed by atoms with Crippen molar-refractivity contribution in [3.8, 4) is 11.3 Å². The molecule has 3 aromatic rings. The van der Waals surface area contributed by atoms with Crippen molar-refractivity contribution in [3.05, 3.63) is 76.4 Å². The summed E-state index contributed by atoms with van der Waals surface area (Å²) in [4.78, 5) is 12.3. The minimum Gasteiger partial charge on any atom is -0.272 e. The van der Waals surface area contributed by atoms with Crippen molar-refractivity contribution in [2.75, 3.05) is 0 Å². The van der Waals surface area contributed by atoms with Crippen LogP contribution >= 0.6 is 11.6 Å². The van der Waals surface area contributed by atoms with Gasteiger partial charge in [-0.25, -0.2) is 5.43 Å². The first-order valence-corrected chi connectivity index (χ1v) is 9.55. The third-order valence-electron chi connectivity index (χ3n) is 4.30. The smallest absolute Gasteiger partial charge is 0.272 e. The summed E-state index contributed by atoms with van der Waals surface area (Å²) in [5, 5.41) is 11.8. The number of aromatic nitrogens is 2. The molecular formula is C22H23ClN4O. The Hall–Kier alpha value is -2.92. The highest BCUT2D eigenvalue weighted by Crippen LogP contribution is 2.19. The molecule has 0 spiro atoms. The lowest BCUT2D eigenvalue weighted by molar-refractivity contribution is 0.0950. The number of H-pyrrole nitrogens is 1. The lowest BCUT2D eigenvalue weighted by Gasteiger charge is -2.05. The summed E-state index contributed by atoms with van der Waals surface area (Å²) in [6, 6.07) is 17.2. The van der Waals surface area contributed by atoms with Gasteiger partial charge in [-0.05, 0) is 48.6 Å². The van der Waals surface area contributed by atoms with E-state index in [2.05, 4.69) is 46.7 Å². The van der Waals surface area contributed by atoms with E-state index >= 15 is 0 Å². The van der Waals surface area contributed by atoms with Crippen molar-refractivity contribution < 1.29 is 4.79 Å². The standard InChI is InChI=1S/C22H23ClN4O/c1-14(2)12-16-4-6-18(7-5-16)20-13-21(26-25-20)22(28)27-24-15(3)17-8-10-19(23)11-9-17/h4-11,13-14H,12H2,1-3H3,(H,25,26)(H,27,28)/b24-15-. The monoisotopic (exact) mass is 394 g/mol. The Morgan fingerprint density at radius 1 is 1.14 bits per heavy atom. The van der Waals surface area contributed by atoms with Gasteiger partial charge in [0.1, 0.15) is 5.69 Å². The summed E-state index contributed by atoms with van der Waals surface area (Å²) in [5.41, 5.74) is 7.45. The molecule has 2 N–H and O–H groups in total. The van der Waals surface area contributed by atoms with Crippen LogP contribution in [0.25, 0.3) is 11.3 Å². The first kappa shape index (κ1) is 19.8. The van der Waals surface area contributed by atoms with Gasteiger partial charge >= 0.3 is 0 Å². The lowest BCUT2D eigenvalue weighted by atomic mass is 10.0. The normalized spacial score (nSPS) is 11.7. The summed E-state index contributed by atoms with van der Waals surface area (Å²) in [6.07, 6.45) is 1.04. The molecule has 0 aliphatic heterocycles. The van der Waals surface area contributed by atoms with Crippen LogP contribution in [-0.2, 0) is 6.42 Å². The minimum atomic E-state index is -0.344. The second-order valence-electron chi connectivity index (χ2n) is 7.11. The zero-order chi connectivity index (χ0) is 20.1. The molecule has 1 aromatic heterocycles. The van der Waals surface area contributed by atoms with E-state index in [4.69, 9.17) is 11.6 Å². The number of hydrazone groups is 1. The Morgan fingerprint density at radius 2 is 1.82 bits per heavy atom. The van der Waals surface area contributed by atoms with E-state index in [0.717, 1.165) is 23.2 Å². The van der Waals surface area contributed by atoms with Gasteiger partial charge in [0.05, 0.1) is 11.4 Å². The van der Waals surface area contributed by atoms with E-state index in [1.54, 1.807) is 18.2 Å². The summed E-state index contributed by atoms with van der Waals surface area (Å²) in [5.74, 6) is 0.270. The maximum absolute atomic E-state index is 12.3. The number of carbonyl (C=O) groups is 1. The molecule has 5 nitrogen and oxygen atoms in total. The number of nitrogens with zero attached hydrogens (tertiary/aromatic N) is 2. The van der Waals surface area contributed by atoms with Crippen LogP contribution in [0.3, 0.4) is 0 Å². The van der Waals surface area contributed by atoms with Crippen molar-refractivity contribution in [1.82, 2.24) is 15.6 Å². The molecule has 6 heteroatoms. The van der Waals surface area contributed by atoms with Crippen molar-refractivity contribution in [1.29, 1.82) is 0 Å². The third-order valence-corrected chi connectivity index (χ3v) is 4.56. The molecule has 3 rings (SSSR count). The first-order chi connectivity index (χ1) is 13.4. The predicted molar refractivity (Wildman–Crippen MR) is 114 cm³/mol. The number of aromatic amines is 1. The molecule has 0 aliphatic rings. The van der Waals surface area contributed by atoms with Crippen LogP contribution in [0.2, 0.25) is 5.02 Å². The third kappa shape index (κ3) is 5.08. The molecule has 0 radical (unpaired) electrons. The quantitative estimate of drug-likeness (QED) is 0.452. The Balaban J connectivity index is 1.66. The molecule has 28 heavy (non-hydrogen) atoms. The van der Waals surface area contributed by atoms with Crippen LogP contribution in [0.1, 0.15) is 42.4 Å². The molecule has 0 saturated heterocycles. The molecule has 0 saturated carbocycles. The Labute approximate surface area is 169 Å². The van der Waals surface area contributed by atoms with Gasteiger partial charge in [0, 0.05) is 10.6 Å². The number of rotatable bonds is 6. The van der Waals surface area contributed by atoms with Crippen molar-refractivity contribution >= 4 is 23.2 Å². The molecule has 2 aromatic carbocycles. The topological polar surface area (TPSA) is 70.1 Å². The average Bonchev–Trinajstić information content (AvgIpc) is 3.17. The van der Waals surface area contributed by atoms with Gasteiger partial charge in [0.15, 0.2) is 0 Å². The molecule has 0 unspecified atom stereocenters. The molecule has 0 aliphatic carbocycles. The van der Waals surface area contributed by atoms with E-state index in [9.17, 15) is 4.79 Å². The van der Waals surface area contributed by atoms with E-state index in [1.807, 2.05) is 31.2 Å². The number of benzene rings is 2. The van der Waals surface area contributed by atoms with Crippen molar-refractivity contribution in [2.45, 2.75) is 27.2 Å². The zero-order valence-electron chi connectivity index (χ0n) is 16.2. The average molecular weight is 395 g/mol. The summed E-state index contributed by atoms with van der Waals surface area (Å²) < 4.78 is 0. The van der Waals surface area contributed by atoms with Gasteiger partial charge in [-0.3, -0.25) is 9.89 Å². The number of hydrogen-bond acceptors (Lipinski definition) is 3. The van der Waals surface area contributed by atoms with Crippen molar-refractivity contribution in [3.63, 3.8) is 0 Å². The molecule has 144 valence electrons. The number of carbonyl (C=O) groups excluding carboxylic acids is 1. The van der Waals surface area contributed by atoms with E-state index < -0.39 is 0 Å². The highest BCUT2D eigenvalue weighted by molar-refractivity contribution is 6.30. The van der Waals surface area contributed by atoms with Crippen LogP contribution in [0.4, 0.5) is 0 Å². The largest absolute Gasteiger partial charge is 0.289 e. The Bertz CT molecular complexity index is 973. The van der Waals surface area contributed by atoms with Gasteiger partial charge in [-0.15, -0.1) is 0 Å². The van der Waals surface area contributed by atoms with Crippen LogP contribution in [0, 0.1) is 5.92 Å². The van der Waals surface area contributed by atoms with E-state index in [-0.39, 0.29) is 5.91 Å².